The smallest absolute Gasteiger partial charge is 0.119 e. The minimum absolute atomic E-state index is 0.703. The van der Waals surface area contributed by atoms with Crippen molar-refractivity contribution in [3.05, 3.63) is 279 Å². The topological polar surface area (TPSA) is 24.9 Å². The van der Waals surface area contributed by atoms with Gasteiger partial charge < -0.3 is 19.3 Å². The van der Waals surface area contributed by atoms with Crippen LogP contribution in [-0.4, -0.2) is 13.2 Å². The van der Waals surface area contributed by atoms with Gasteiger partial charge >= 0.3 is 0 Å². The van der Waals surface area contributed by atoms with E-state index in [2.05, 4.69) is 303 Å². The Morgan fingerprint density at radius 1 is 0.233 bits per heavy atom. The average Bonchev–Trinajstić information content (AvgIpc) is 2.18. The summed E-state index contributed by atoms with van der Waals surface area (Å²) in [6, 6.07) is 101. The molecule has 86 heavy (non-hydrogen) atoms. The number of hydrogen-bond acceptors (Lipinski definition) is 4. The van der Waals surface area contributed by atoms with Crippen molar-refractivity contribution in [1.29, 1.82) is 0 Å². The minimum atomic E-state index is 0.703. The molecule has 0 saturated carbocycles. The summed E-state index contributed by atoms with van der Waals surface area (Å²) in [6.45, 7) is 5.95. The van der Waals surface area contributed by atoms with Crippen molar-refractivity contribution >= 4 is 34.1 Å². The average molecular weight is 1130 g/mol. The molecule has 0 saturated heterocycles. The first-order valence-corrected chi connectivity index (χ1v) is 31.5. The number of nitrogens with zero attached hydrogens (tertiary/aromatic N) is 2. The standard InChI is InChI=1S/C82H80N2O2/c1-3-5-7-9-11-25-59-85-77-55-43-71(44-56-77)79-61-80(72-45-57-78(58-46-72)86-60-26-12-10-8-6-4-2)82(84(75-51-39-69(40-52-75)65-31-21-15-22-32-65)76-53-41-70(42-54-76)66-33-23-16-24-34-66)62-81(79)83(73-47-35-67(36-48-73)63-27-17-13-18-28-63)74-49-37-68(38-50-74)64-29-19-14-20-30-64/h13-24,27-58,61-62H,3-12,25-26,59-60H2,1-2H3. The van der Waals surface area contributed by atoms with Crippen LogP contribution in [0.25, 0.3) is 66.8 Å². The maximum atomic E-state index is 6.47. The molecule has 0 atom stereocenters. The van der Waals surface area contributed by atoms with Crippen LogP contribution >= 0.6 is 0 Å². The van der Waals surface area contributed by atoms with Crippen molar-refractivity contribution in [1.82, 2.24) is 0 Å². The van der Waals surface area contributed by atoms with Gasteiger partial charge in [-0.2, -0.15) is 0 Å². The minimum Gasteiger partial charge on any atom is -0.494 e. The number of ether oxygens (including phenoxy) is 2. The van der Waals surface area contributed by atoms with Crippen LogP contribution in [0.15, 0.2) is 279 Å². The molecule has 11 aromatic rings. The summed E-state index contributed by atoms with van der Waals surface area (Å²) >= 11 is 0. The van der Waals surface area contributed by atoms with Crippen LogP contribution in [0.2, 0.25) is 0 Å². The van der Waals surface area contributed by atoms with E-state index in [0.29, 0.717) is 13.2 Å². The van der Waals surface area contributed by atoms with Gasteiger partial charge in [0.25, 0.3) is 0 Å². The van der Waals surface area contributed by atoms with Crippen molar-refractivity contribution in [2.24, 2.45) is 0 Å². The molecule has 4 nitrogen and oxygen atoms in total. The summed E-state index contributed by atoms with van der Waals surface area (Å²) in [7, 11) is 0. The number of anilines is 6. The quantitative estimate of drug-likeness (QED) is 0.0456. The summed E-state index contributed by atoms with van der Waals surface area (Å²) in [4.78, 5) is 4.90. The van der Waals surface area contributed by atoms with Crippen LogP contribution in [0.5, 0.6) is 11.5 Å². The highest BCUT2D eigenvalue weighted by molar-refractivity contribution is 5.99. The molecule has 11 rings (SSSR count). The first-order chi connectivity index (χ1) is 42.6. The molecule has 4 heteroatoms. The highest BCUT2D eigenvalue weighted by Gasteiger charge is 2.26. The lowest BCUT2D eigenvalue weighted by molar-refractivity contribution is 0.304. The Balaban J connectivity index is 1.11. The number of hydrogen-bond donors (Lipinski definition) is 0. The Morgan fingerprint density at radius 2 is 0.477 bits per heavy atom. The Labute approximate surface area is 512 Å². The van der Waals surface area contributed by atoms with Gasteiger partial charge in [-0.3, -0.25) is 0 Å². The third-order valence-corrected chi connectivity index (χ3v) is 16.4. The summed E-state index contributed by atoms with van der Waals surface area (Å²) in [5.74, 6) is 1.76. The van der Waals surface area contributed by atoms with Crippen LogP contribution in [0.4, 0.5) is 34.1 Å². The van der Waals surface area contributed by atoms with E-state index < -0.39 is 0 Å². The molecule has 0 fully saturated rings. The second-order valence-corrected chi connectivity index (χ2v) is 22.5. The predicted octanol–water partition coefficient (Wildman–Crippen LogP) is 24.1. The van der Waals surface area contributed by atoms with Gasteiger partial charge in [0, 0.05) is 33.9 Å². The van der Waals surface area contributed by atoms with Gasteiger partial charge in [0.15, 0.2) is 0 Å². The number of benzene rings is 11. The fourth-order valence-corrected chi connectivity index (χ4v) is 11.6. The monoisotopic (exact) mass is 1120 g/mol. The van der Waals surface area contributed by atoms with Crippen LogP contribution in [0, 0.1) is 0 Å². The van der Waals surface area contributed by atoms with Gasteiger partial charge in [0.1, 0.15) is 11.5 Å². The summed E-state index contributed by atoms with van der Waals surface area (Å²) in [6.07, 6.45) is 14.6. The molecular weight excluding hydrogens is 1040 g/mol. The molecular formula is C82H80N2O2. The normalized spacial score (nSPS) is 11.1. The zero-order chi connectivity index (χ0) is 58.5. The van der Waals surface area contributed by atoms with Gasteiger partial charge in [0.2, 0.25) is 0 Å². The molecule has 0 aromatic heterocycles. The summed E-state index contributed by atoms with van der Waals surface area (Å²) in [5.41, 5.74) is 19.8. The van der Waals surface area contributed by atoms with Crippen molar-refractivity contribution < 1.29 is 9.47 Å². The first-order valence-electron chi connectivity index (χ1n) is 31.5. The molecule has 0 aliphatic heterocycles. The Bertz CT molecular complexity index is 3360. The van der Waals surface area contributed by atoms with Gasteiger partial charge in [-0.25, -0.2) is 0 Å². The van der Waals surface area contributed by atoms with E-state index >= 15 is 0 Å². The van der Waals surface area contributed by atoms with E-state index in [1.807, 2.05) is 0 Å². The molecule has 0 spiro atoms. The van der Waals surface area contributed by atoms with Crippen LogP contribution in [-0.2, 0) is 0 Å². The van der Waals surface area contributed by atoms with Crippen LogP contribution in [0.3, 0.4) is 0 Å². The van der Waals surface area contributed by atoms with Crippen molar-refractivity contribution in [2.75, 3.05) is 23.0 Å². The maximum absolute atomic E-state index is 6.47. The fraction of sp³-hybridized carbons (Fsp3) is 0.195. The molecule has 430 valence electrons. The van der Waals surface area contributed by atoms with Crippen molar-refractivity contribution in [2.45, 2.75) is 90.9 Å². The van der Waals surface area contributed by atoms with E-state index in [0.717, 1.165) is 103 Å². The SMILES string of the molecule is CCCCCCCCOc1ccc(-c2cc(-c3ccc(OCCCCCCCC)cc3)c(N(c3ccc(-c4ccccc4)cc3)c3ccc(-c4ccccc4)cc3)cc2N(c2ccc(-c3ccccc3)cc2)c2ccc(-c3ccccc3)cc2)cc1. The molecule has 0 aliphatic carbocycles. The molecule has 0 N–H and O–H groups in total. The molecule has 0 amide bonds. The van der Waals surface area contributed by atoms with Crippen molar-refractivity contribution in [3.8, 4) is 78.3 Å². The molecule has 0 bridgehead atoms. The maximum Gasteiger partial charge on any atom is 0.119 e. The van der Waals surface area contributed by atoms with E-state index in [9.17, 15) is 0 Å². The third kappa shape index (κ3) is 14.9. The fourth-order valence-electron chi connectivity index (χ4n) is 11.6. The second kappa shape index (κ2) is 29.9. The van der Waals surface area contributed by atoms with Gasteiger partial charge in [-0.1, -0.05) is 272 Å². The van der Waals surface area contributed by atoms with Gasteiger partial charge in [-0.05, 0) is 153 Å². The lowest BCUT2D eigenvalue weighted by atomic mass is 9.93. The molecule has 0 radical (unpaired) electrons. The lowest BCUT2D eigenvalue weighted by Gasteiger charge is -2.33. The van der Waals surface area contributed by atoms with Crippen molar-refractivity contribution in [3.63, 3.8) is 0 Å². The lowest BCUT2D eigenvalue weighted by Crippen LogP contribution is -2.15. The molecule has 0 heterocycles. The van der Waals surface area contributed by atoms with Gasteiger partial charge in [-0.15, -0.1) is 0 Å². The van der Waals surface area contributed by atoms with E-state index in [-0.39, 0.29) is 0 Å². The molecule has 11 aromatic carbocycles. The zero-order valence-corrected chi connectivity index (χ0v) is 50.2. The second-order valence-electron chi connectivity index (χ2n) is 22.5. The summed E-state index contributed by atoms with van der Waals surface area (Å²) in [5, 5.41) is 0. The van der Waals surface area contributed by atoms with E-state index in [4.69, 9.17) is 9.47 Å². The van der Waals surface area contributed by atoms with E-state index in [1.54, 1.807) is 0 Å². The molecule has 0 aliphatic rings. The Kier molecular flexibility index (Phi) is 20.3. The highest BCUT2D eigenvalue weighted by atomic mass is 16.5. The highest BCUT2D eigenvalue weighted by Crippen LogP contribution is 2.51. The van der Waals surface area contributed by atoms with Crippen LogP contribution in [0.1, 0.15) is 90.9 Å². The number of unbranched alkanes of at least 4 members (excludes halogenated alkanes) is 10. The Hall–Kier alpha value is -9.38. The largest absolute Gasteiger partial charge is 0.494 e. The number of rotatable bonds is 28. The summed E-state index contributed by atoms with van der Waals surface area (Å²) < 4.78 is 12.9. The predicted molar refractivity (Wildman–Crippen MR) is 366 cm³/mol. The molecule has 0 unspecified atom stereocenters. The Morgan fingerprint density at radius 3 is 0.756 bits per heavy atom. The van der Waals surface area contributed by atoms with Gasteiger partial charge in [0.05, 0.1) is 24.6 Å². The van der Waals surface area contributed by atoms with Crippen LogP contribution < -0.4 is 19.3 Å². The van der Waals surface area contributed by atoms with E-state index in [1.165, 1.54) is 86.5 Å². The third-order valence-electron chi connectivity index (χ3n) is 16.4. The first kappa shape index (κ1) is 58.4. The zero-order valence-electron chi connectivity index (χ0n) is 50.2.